The summed E-state index contributed by atoms with van der Waals surface area (Å²) in [6.07, 6.45) is 4.98. The number of nitrogens with zero attached hydrogens (tertiary/aromatic N) is 2. The summed E-state index contributed by atoms with van der Waals surface area (Å²) in [6, 6.07) is 5.63. The Hall–Kier alpha value is -2.38. The lowest BCUT2D eigenvalue weighted by molar-refractivity contribution is 0.00578. The Morgan fingerprint density at radius 2 is 1.81 bits per heavy atom. The molecule has 0 unspecified atom stereocenters. The normalized spacial score (nSPS) is 19.3. The van der Waals surface area contributed by atoms with Crippen molar-refractivity contribution in [3.63, 3.8) is 0 Å². The van der Waals surface area contributed by atoms with Gasteiger partial charge in [-0.05, 0) is 50.8 Å². The van der Waals surface area contributed by atoms with Gasteiger partial charge in [-0.1, -0.05) is 6.07 Å². The molecule has 0 radical (unpaired) electrons. The van der Waals surface area contributed by atoms with Crippen molar-refractivity contribution in [1.29, 1.82) is 0 Å². The molecule has 1 aromatic heterocycles. The summed E-state index contributed by atoms with van der Waals surface area (Å²) in [5.41, 5.74) is 7.22. The summed E-state index contributed by atoms with van der Waals surface area (Å²) in [5, 5.41) is 1.40. The first kappa shape index (κ1) is 19.4. The minimum Gasteiger partial charge on any atom is -0.404 e. The van der Waals surface area contributed by atoms with Crippen LogP contribution in [0.25, 0.3) is 16.3 Å². The van der Waals surface area contributed by atoms with Crippen LogP contribution in [0.5, 0.6) is 0 Å². The maximum atomic E-state index is 12.6. The van der Waals surface area contributed by atoms with E-state index < -0.39 is 18.3 Å². The maximum absolute atomic E-state index is 12.6. The quantitative estimate of drug-likeness (QED) is 0.663. The molecule has 1 fully saturated rings. The van der Waals surface area contributed by atoms with Crippen molar-refractivity contribution >= 4 is 35.1 Å². The van der Waals surface area contributed by atoms with Gasteiger partial charge in [0.1, 0.15) is 0 Å². The zero-order valence-corrected chi connectivity index (χ0v) is 16.7. The van der Waals surface area contributed by atoms with E-state index in [1.54, 1.807) is 31.1 Å². The summed E-state index contributed by atoms with van der Waals surface area (Å²) in [5.74, 6) is 0. The molecule has 1 saturated heterocycles. The molecule has 27 heavy (non-hydrogen) atoms. The number of benzene rings is 1. The molecule has 0 atom stereocenters. The molecule has 142 valence electrons. The average molecular weight is 367 g/mol. The summed E-state index contributed by atoms with van der Waals surface area (Å²) in [6.45, 7) is 8.04. The predicted octanol–water partition coefficient (Wildman–Crippen LogP) is 1.84. The van der Waals surface area contributed by atoms with E-state index in [0.717, 1.165) is 22.0 Å². The second-order valence-corrected chi connectivity index (χ2v) is 7.86. The topological polar surface area (TPSA) is 78.8 Å². The van der Waals surface area contributed by atoms with Crippen LogP contribution >= 0.6 is 0 Å². The van der Waals surface area contributed by atoms with E-state index in [-0.39, 0.29) is 5.56 Å². The monoisotopic (exact) mass is 367 g/mol. The SMILES string of the molecule is CN=CC(=CN)c1ccc2c(=O)n(C)cc(B3OC(C)(C)C(C)(C)O3)c2c1. The Morgan fingerprint density at radius 3 is 2.37 bits per heavy atom. The van der Waals surface area contributed by atoms with Crippen LogP contribution in [0.15, 0.2) is 40.4 Å². The lowest BCUT2D eigenvalue weighted by Gasteiger charge is -2.32. The fourth-order valence-corrected chi connectivity index (χ4v) is 3.19. The van der Waals surface area contributed by atoms with Gasteiger partial charge in [0.2, 0.25) is 0 Å². The van der Waals surface area contributed by atoms with Gasteiger partial charge in [-0.15, -0.1) is 0 Å². The van der Waals surface area contributed by atoms with Crippen molar-refractivity contribution in [3.8, 4) is 0 Å². The molecule has 0 amide bonds. The number of rotatable bonds is 3. The number of aromatic nitrogens is 1. The highest BCUT2D eigenvalue weighted by atomic mass is 16.7. The molecule has 2 aromatic rings. The molecule has 2 heterocycles. The van der Waals surface area contributed by atoms with E-state index in [0.29, 0.717) is 5.39 Å². The summed E-state index contributed by atoms with van der Waals surface area (Å²) < 4.78 is 14.0. The Balaban J connectivity index is 2.23. The minimum atomic E-state index is -0.565. The second-order valence-electron chi connectivity index (χ2n) is 7.86. The minimum absolute atomic E-state index is 0.0701. The van der Waals surface area contributed by atoms with Crippen LogP contribution in [0.4, 0.5) is 0 Å². The number of nitrogens with two attached hydrogens (primary N) is 1. The van der Waals surface area contributed by atoms with Crippen molar-refractivity contribution in [1.82, 2.24) is 4.57 Å². The zero-order valence-electron chi connectivity index (χ0n) is 16.7. The third-order valence-electron chi connectivity index (χ3n) is 5.50. The highest BCUT2D eigenvalue weighted by molar-refractivity contribution is 6.65. The third kappa shape index (κ3) is 3.21. The van der Waals surface area contributed by atoms with Crippen LogP contribution in [0.3, 0.4) is 0 Å². The third-order valence-corrected chi connectivity index (χ3v) is 5.50. The molecule has 7 heteroatoms. The number of aryl methyl sites for hydroxylation is 1. The molecule has 3 rings (SSSR count). The molecular weight excluding hydrogens is 341 g/mol. The van der Waals surface area contributed by atoms with E-state index in [1.807, 2.05) is 45.9 Å². The van der Waals surface area contributed by atoms with Gasteiger partial charge in [0.15, 0.2) is 0 Å². The first-order valence-corrected chi connectivity index (χ1v) is 8.94. The molecule has 1 aromatic carbocycles. The fraction of sp³-hybridized carbons (Fsp3) is 0.400. The van der Waals surface area contributed by atoms with Gasteiger partial charge >= 0.3 is 7.12 Å². The molecule has 0 saturated carbocycles. The number of fused-ring (bicyclic) bond motifs is 1. The van der Waals surface area contributed by atoms with E-state index in [2.05, 4.69) is 4.99 Å². The van der Waals surface area contributed by atoms with Crippen molar-refractivity contribution < 1.29 is 9.31 Å². The first-order chi connectivity index (χ1) is 12.6. The summed E-state index contributed by atoms with van der Waals surface area (Å²) in [7, 11) is 2.86. The van der Waals surface area contributed by atoms with Gasteiger partial charge in [0.05, 0.1) is 11.2 Å². The standard InChI is InChI=1S/C20H26BN3O3/c1-19(2)20(3,4)27-21(26-19)17-12-24(6)18(25)15-8-7-13(9-16(15)17)14(10-22)11-23-5/h7-12H,22H2,1-6H3. The van der Waals surface area contributed by atoms with Crippen LogP contribution in [0.1, 0.15) is 33.3 Å². The predicted molar refractivity (Wildman–Crippen MR) is 111 cm³/mol. The lowest BCUT2D eigenvalue weighted by atomic mass is 9.77. The van der Waals surface area contributed by atoms with Crippen molar-refractivity contribution in [3.05, 3.63) is 46.5 Å². The molecule has 2 N–H and O–H groups in total. The Kier molecular flexibility index (Phi) is 4.78. The average Bonchev–Trinajstić information content (AvgIpc) is 2.83. The van der Waals surface area contributed by atoms with Crippen LogP contribution < -0.4 is 16.8 Å². The van der Waals surface area contributed by atoms with E-state index in [9.17, 15) is 4.79 Å². The molecule has 0 spiro atoms. The van der Waals surface area contributed by atoms with E-state index >= 15 is 0 Å². The highest BCUT2D eigenvalue weighted by Crippen LogP contribution is 2.37. The Labute approximate surface area is 159 Å². The second kappa shape index (κ2) is 6.66. The smallest absolute Gasteiger partial charge is 0.404 e. The molecule has 6 nitrogen and oxygen atoms in total. The van der Waals surface area contributed by atoms with Crippen molar-refractivity contribution in [2.45, 2.75) is 38.9 Å². The van der Waals surface area contributed by atoms with Crippen LogP contribution in [-0.4, -0.2) is 36.1 Å². The molecule has 1 aliphatic heterocycles. The van der Waals surface area contributed by atoms with E-state index in [1.165, 1.54) is 6.20 Å². The number of hydrogen-bond acceptors (Lipinski definition) is 5. The Bertz CT molecular complexity index is 989. The lowest BCUT2D eigenvalue weighted by Crippen LogP contribution is -2.41. The number of allylic oxidation sites excluding steroid dienone is 1. The van der Waals surface area contributed by atoms with Gasteiger partial charge in [0, 0.05) is 49.1 Å². The molecule has 1 aliphatic rings. The van der Waals surface area contributed by atoms with Crippen molar-refractivity contribution in [2.75, 3.05) is 7.05 Å². The number of hydrogen-bond donors (Lipinski definition) is 1. The Morgan fingerprint density at radius 1 is 1.19 bits per heavy atom. The largest absolute Gasteiger partial charge is 0.496 e. The summed E-state index contributed by atoms with van der Waals surface area (Å²) in [4.78, 5) is 16.7. The number of aliphatic imine (C=N–C) groups is 1. The van der Waals surface area contributed by atoms with Gasteiger partial charge in [-0.25, -0.2) is 0 Å². The van der Waals surface area contributed by atoms with Gasteiger partial charge in [0.25, 0.3) is 5.56 Å². The van der Waals surface area contributed by atoms with Gasteiger partial charge < -0.3 is 19.6 Å². The molecular formula is C20H26BN3O3. The van der Waals surface area contributed by atoms with Gasteiger partial charge in [-0.3, -0.25) is 9.79 Å². The van der Waals surface area contributed by atoms with Crippen LogP contribution in [0.2, 0.25) is 0 Å². The van der Waals surface area contributed by atoms with Crippen molar-refractivity contribution in [2.24, 2.45) is 17.8 Å². The maximum Gasteiger partial charge on any atom is 0.496 e. The number of pyridine rings is 1. The van der Waals surface area contributed by atoms with Gasteiger partial charge in [-0.2, -0.15) is 0 Å². The molecule has 0 aliphatic carbocycles. The summed E-state index contributed by atoms with van der Waals surface area (Å²) >= 11 is 0. The zero-order chi connectivity index (χ0) is 20.0. The highest BCUT2D eigenvalue weighted by Gasteiger charge is 2.52. The van der Waals surface area contributed by atoms with Crippen LogP contribution in [0, 0.1) is 0 Å². The first-order valence-electron chi connectivity index (χ1n) is 8.94. The fourth-order valence-electron chi connectivity index (χ4n) is 3.19. The van der Waals surface area contributed by atoms with E-state index in [4.69, 9.17) is 15.0 Å². The van der Waals surface area contributed by atoms with Crippen LogP contribution in [-0.2, 0) is 16.4 Å². The molecule has 0 bridgehead atoms.